The largest absolute Gasteiger partial charge is 0.422 e. The van der Waals surface area contributed by atoms with Gasteiger partial charge in [0.1, 0.15) is 0 Å². The first-order valence-corrected chi connectivity index (χ1v) is 8.98. The number of sulfonamides is 1. The lowest BCUT2D eigenvalue weighted by Crippen LogP contribution is -2.26. The molecule has 3 rings (SSSR count). The number of nitrogens with one attached hydrogen (secondary N) is 1. The summed E-state index contributed by atoms with van der Waals surface area (Å²) in [6, 6.07) is 9.14. The lowest BCUT2D eigenvalue weighted by atomic mass is 10.2. The van der Waals surface area contributed by atoms with E-state index in [4.69, 9.17) is 0 Å². The molecule has 0 amide bonds. The van der Waals surface area contributed by atoms with Gasteiger partial charge in [0.15, 0.2) is 0 Å². The number of pyridine rings is 1. The zero-order valence-electron chi connectivity index (χ0n) is 13.3. The predicted molar refractivity (Wildman–Crippen MR) is 90.7 cm³/mol. The quantitative estimate of drug-likeness (QED) is 0.721. The first-order chi connectivity index (χ1) is 11.9. The Morgan fingerprint density at radius 1 is 1.20 bits per heavy atom. The molecule has 0 aliphatic heterocycles. The Morgan fingerprint density at radius 3 is 2.68 bits per heavy atom. The third-order valence-corrected chi connectivity index (χ3v) is 5.07. The summed E-state index contributed by atoms with van der Waals surface area (Å²) >= 11 is 0. The Hall–Kier alpha value is -2.78. The Bertz CT molecular complexity index is 1130. The minimum absolute atomic E-state index is 0.0181. The lowest BCUT2D eigenvalue weighted by molar-refractivity contribution is 0.421. The molecular weight excluding hydrogens is 346 g/mol. The van der Waals surface area contributed by atoms with Gasteiger partial charge in [0.05, 0.1) is 28.0 Å². The van der Waals surface area contributed by atoms with Gasteiger partial charge in [-0.3, -0.25) is 9.55 Å². The number of rotatable bonds is 5. The number of aromatic nitrogens is 2. The molecule has 130 valence electrons. The Kier molecular flexibility index (Phi) is 4.51. The molecule has 0 spiro atoms. The molecule has 0 atom stereocenters. The first-order valence-electron chi connectivity index (χ1n) is 7.49. The molecule has 0 saturated heterocycles. The van der Waals surface area contributed by atoms with Gasteiger partial charge in [-0.15, -0.1) is 0 Å². The standard InChI is InChI=1S/C16H15N3O5S/c1-2-19-14-7-6-12(9-13(14)15(20)24-16(19)21)25(22,23)18-10-11-5-3-4-8-17-11/h3-9,18H,2,10H2,1H3. The van der Waals surface area contributed by atoms with Crippen molar-refractivity contribution >= 4 is 20.9 Å². The molecule has 8 nitrogen and oxygen atoms in total. The number of hydrogen-bond donors (Lipinski definition) is 1. The summed E-state index contributed by atoms with van der Waals surface area (Å²) in [4.78, 5) is 27.6. The van der Waals surface area contributed by atoms with Gasteiger partial charge in [0.2, 0.25) is 10.0 Å². The molecule has 1 aromatic carbocycles. The van der Waals surface area contributed by atoms with Gasteiger partial charge < -0.3 is 4.42 Å². The van der Waals surface area contributed by atoms with Gasteiger partial charge >= 0.3 is 11.4 Å². The van der Waals surface area contributed by atoms with Crippen LogP contribution in [0.5, 0.6) is 0 Å². The highest BCUT2D eigenvalue weighted by Gasteiger charge is 2.17. The molecule has 2 aromatic heterocycles. The molecule has 1 N–H and O–H groups in total. The van der Waals surface area contributed by atoms with Crippen LogP contribution in [0, 0.1) is 0 Å². The minimum atomic E-state index is -3.85. The molecule has 0 aliphatic carbocycles. The van der Waals surface area contributed by atoms with Crippen molar-refractivity contribution in [3.05, 3.63) is 69.3 Å². The summed E-state index contributed by atoms with van der Waals surface area (Å²) in [5.74, 6) is -0.774. The third-order valence-electron chi connectivity index (χ3n) is 3.68. The Morgan fingerprint density at radius 2 is 2.00 bits per heavy atom. The smallest absolute Gasteiger partial charge is 0.372 e. The molecule has 25 heavy (non-hydrogen) atoms. The fraction of sp³-hybridized carbons (Fsp3) is 0.188. The van der Waals surface area contributed by atoms with Gasteiger partial charge in [-0.1, -0.05) is 6.07 Å². The van der Waals surface area contributed by atoms with Crippen molar-refractivity contribution in [1.29, 1.82) is 0 Å². The van der Waals surface area contributed by atoms with Crippen molar-refractivity contribution in [1.82, 2.24) is 14.3 Å². The molecule has 0 radical (unpaired) electrons. The van der Waals surface area contributed by atoms with E-state index in [1.54, 1.807) is 31.3 Å². The summed E-state index contributed by atoms with van der Waals surface area (Å²) in [6.07, 6.45) is 1.56. The van der Waals surface area contributed by atoms with E-state index in [0.29, 0.717) is 17.8 Å². The van der Waals surface area contributed by atoms with E-state index >= 15 is 0 Å². The van der Waals surface area contributed by atoms with Gasteiger partial charge in [0.25, 0.3) is 0 Å². The average Bonchev–Trinajstić information content (AvgIpc) is 2.61. The maximum atomic E-state index is 12.4. The van der Waals surface area contributed by atoms with Crippen LogP contribution < -0.4 is 16.1 Å². The van der Waals surface area contributed by atoms with Crippen molar-refractivity contribution in [2.75, 3.05) is 0 Å². The topological polar surface area (TPSA) is 111 Å². The molecule has 0 aliphatic rings. The van der Waals surface area contributed by atoms with Crippen LogP contribution >= 0.6 is 0 Å². The van der Waals surface area contributed by atoms with Gasteiger partial charge in [-0.2, -0.15) is 0 Å². The number of fused-ring (bicyclic) bond motifs is 1. The molecule has 0 unspecified atom stereocenters. The molecule has 9 heteroatoms. The number of nitrogens with zero attached hydrogens (tertiary/aromatic N) is 2. The fourth-order valence-corrected chi connectivity index (χ4v) is 3.45. The van der Waals surface area contributed by atoms with Crippen LogP contribution in [0.25, 0.3) is 10.9 Å². The van der Waals surface area contributed by atoms with E-state index in [9.17, 15) is 18.0 Å². The normalized spacial score (nSPS) is 11.7. The predicted octanol–water partition coefficient (Wildman–Crippen LogP) is 0.848. The van der Waals surface area contributed by atoms with Crippen molar-refractivity contribution < 1.29 is 12.8 Å². The highest BCUT2D eigenvalue weighted by atomic mass is 32.2. The monoisotopic (exact) mass is 361 g/mol. The first kappa shape index (κ1) is 17.1. The SMILES string of the molecule is CCn1c(=O)oc(=O)c2cc(S(=O)(=O)NCc3ccccn3)ccc21. The lowest BCUT2D eigenvalue weighted by Gasteiger charge is -2.09. The highest BCUT2D eigenvalue weighted by molar-refractivity contribution is 7.89. The van der Waals surface area contributed by atoms with Crippen LogP contribution in [0.1, 0.15) is 12.6 Å². The molecular formula is C16H15N3O5S. The van der Waals surface area contributed by atoms with E-state index in [0.717, 1.165) is 0 Å². The van der Waals surface area contributed by atoms with E-state index in [1.165, 1.54) is 22.8 Å². The summed E-state index contributed by atoms with van der Waals surface area (Å²) in [7, 11) is -3.85. The van der Waals surface area contributed by atoms with E-state index in [2.05, 4.69) is 14.1 Å². The van der Waals surface area contributed by atoms with Crippen LogP contribution in [0.15, 0.2) is 61.5 Å². The minimum Gasteiger partial charge on any atom is -0.372 e. The Labute approximate surface area is 142 Å². The molecule has 0 fully saturated rings. The van der Waals surface area contributed by atoms with Crippen LogP contribution in [-0.4, -0.2) is 18.0 Å². The maximum absolute atomic E-state index is 12.4. The fourth-order valence-electron chi connectivity index (χ4n) is 2.42. The second-order valence-electron chi connectivity index (χ2n) is 5.22. The summed E-state index contributed by atoms with van der Waals surface area (Å²) in [5, 5.41) is 0.0298. The van der Waals surface area contributed by atoms with Gasteiger partial charge in [0, 0.05) is 12.7 Å². The van der Waals surface area contributed by atoms with E-state index in [-0.39, 0.29) is 16.8 Å². The number of benzene rings is 1. The second kappa shape index (κ2) is 6.61. The summed E-state index contributed by atoms with van der Waals surface area (Å²) < 4.78 is 33.2. The van der Waals surface area contributed by atoms with E-state index in [1.807, 2.05) is 0 Å². The zero-order chi connectivity index (χ0) is 18.0. The zero-order valence-corrected chi connectivity index (χ0v) is 14.1. The average molecular weight is 361 g/mol. The maximum Gasteiger partial charge on any atom is 0.422 e. The van der Waals surface area contributed by atoms with E-state index < -0.39 is 21.4 Å². The summed E-state index contributed by atoms with van der Waals surface area (Å²) in [5.41, 5.74) is 0.0186. The van der Waals surface area contributed by atoms with Crippen molar-refractivity contribution in [3.8, 4) is 0 Å². The van der Waals surface area contributed by atoms with Crippen LogP contribution in [0.4, 0.5) is 0 Å². The summed E-state index contributed by atoms with van der Waals surface area (Å²) in [6.45, 7) is 2.04. The van der Waals surface area contributed by atoms with Crippen molar-refractivity contribution in [2.45, 2.75) is 24.9 Å². The Balaban J connectivity index is 2.01. The third kappa shape index (κ3) is 3.37. The molecule has 0 bridgehead atoms. The second-order valence-corrected chi connectivity index (χ2v) is 6.99. The van der Waals surface area contributed by atoms with Crippen LogP contribution in [0.2, 0.25) is 0 Å². The van der Waals surface area contributed by atoms with Gasteiger partial charge in [-0.05, 0) is 37.3 Å². The van der Waals surface area contributed by atoms with Crippen LogP contribution in [-0.2, 0) is 23.1 Å². The van der Waals surface area contributed by atoms with Crippen molar-refractivity contribution in [3.63, 3.8) is 0 Å². The van der Waals surface area contributed by atoms with Crippen LogP contribution in [0.3, 0.4) is 0 Å². The molecule has 0 saturated carbocycles. The highest BCUT2D eigenvalue weighted by Crippen LogP contribution is 2.16. The number of aryl methyl sites for hydroxylation is 1. The van der Waals surface area contributed by atoms with Gasteiger partial charge in [-0.25, -0.2) is 22.7 Å². The molecule has 2 heterocycles. The van der Waals surface area contributed by atoms with Crippen molar-refractivity contribution in [2.24, 2.45) is 0 Å². The molecule has 3 aromatic rings. The number of hydrogen-bond acceptors (Lipinski definition) is 6.